The standard InChI is InChI=1S/C15H26O/c1-3-14(16)10(2)15-7-11-4-12(8-15)6-13(5-11)9-15/h10-14,16H,3-9H2,1-2H3. The van der Waals surface area contributed by atoms with Gasteiger partial charge in [-0.05, 0) is 74.0 Å². The topological polar surface area (TPSA) is 20.2 Å². The first-order valence-corrected chi connectivity index (χ1v) is 7.31. The first-order chi connectivity index (χ1) is 7.63. The molecule has 0 saturated heterocycles. The SMILES string of the molecule is CCC(O)C(C)C12CC3CC(CC(C3)C1)C2. The maximum Gasteiger partial charge on any atom is 0.0568 e. The number of rotatable bonds is 3. The summed E-state index contributed by atoms with van der Waals surface area (Å²) in [6.07, 6.45) is 9.68. The lowest BCUT2D eigenvalue weighted by atomic mass is 9.46. The van der Waals surface area contributed by atoms with Crippen LogP contribution >= 0.6 is 0 Å². The molecule has 0 amide bonds. The molecule has 1 nitrogen and oxygen atoms in total. The summed E-state index contributed by atoms with van der Waals surface area (Å²) in [6, 6.07) is 0. The van der Waals surface area contributed by atoms with Gasteiger partial charge >= 0.3 is 0 Å². The van der Waals surface area contributed by atoms with Crippen molar-refractivity contribution in [2.45, 2.75) is 64.9 Å². The van der Waals surface area contributed by atoms with E-state index in [2.05, 4.69) is 13.8 Å². The molecule has 0 heterocycles. The molecule has 4 saturated carbocycles. The summed E-state index contributed by atoms with van der Waals surface area (Å²) in [5.74, 6) is 3.57. The second kappa shape index (κ2) is 3.73. The Morgan fingerprint density at radius 3 is 1.88 bits per heavy atom. The van der Waals surface area contributed by atoms with E-state index in [0.717, 1.165) is 24.2 Å². The number of hydrogen-bond acceptors (Lipinski definition) is 1. The molecule has 92 valence electrons. The van der Waals surface area contributed by atoms with Crippen LogP contribution in [0.1, 0.15) is 58.8 Å². The smallest absolute Gasteiger partial charge is 0.0568 e. The van der Waals surface area contributed by atoms with Gasteiger partial charge in [0, 0.05) is 0 Å². The minimum atomic E-state index is -0.0590. The molecule has 4 aliphatic rings. The highest BCUT2D eigenvalue weighted by atomic mass is 16.3. The number of aliphatic hydroxyl groups excluding tert-OH is 1. The van der Waals surface area contributed by atoms with Gasteiger partial charge < -0.3 is 5.11 Å². The second-order valence-corrected chi connectivity index (χ2v) is 7.04. The van der Waals surface area contributed by atoms with Crippen LogP contribution in [0.4, 0.5) is 0 Å². The molecule has 0 radical (unpaired) electrons. The molecule has 1 heteroatoms. The molecular weight excluding hydrogens is 196 g/mol. The Labute approximate surface area is 99.6 Å². The van der Waals surface area contributed by atoms with Gasteiger partial charge in [0.25, 0.3) is 0 Å². The number of aliphatic hydroxyl groups is 1. The van der Waals surface area contributed by atoms with E-state index in [-0.39, 0.29) is 6.10 Å². The Balaban J connectivity index is 1.82. The summed E-state index contributed by atoms with van der Waals surface area (Å²) >= 11 is 0. The average Bonchev–Trinajstić information content (AvgIpc) is 2.25. The van der Waals surface area contributed by atoms with E-state index in [1.165, 1.54) is 38.5 Å². The van der Waals surface area contributed by atoms with Crippen LogP contribution in [0.2, 0.25) is 0 Å². The van der Waals surface area contributed by atoms with Crippen LogP contribution in [0.5, 0.6) is 0 Å². The van der Waals surface area contributed by atoms with Crippen molar-refractivity contribution < 1.29 is 5.11 Å². The van der Waals surface area contributed by atoms with Gasteiger partial charge in [0.05, 0.1) is 6.10 Å². The lowest BCUT2D eigenvalue weighted by Crippen LogP contribution is -2.51. The highest BCUT2D eigenvalue weighted by molar-refractivity contribution is 5.04. The fraction of sp³-hybridized carbons (Fsp3) is 1.00. The Morgan fingerprint density at radius 1 is 1.06 bits per heavy atom. The van der Waals surface area contributed by atoms with E-state index >= 15 is 0 Å². The van der Waals surface area contributed by atoms with Crippen molar-refractivity contribution in [1.29, 1.82) is 0 Å². The Kier molecular flexibility index (Phi) is 2.58. The lowest BCUT2D eigenvalue weighted by Gasteiger charge is -2.59. The van der Waals surface area contributed by atoms with Crippen LogP contribution in [0, 0.1) is 29.1 Å². The molecule has 0 aromatic carbocycles. The molecule has 4 aliphatic carbocycles. The van der Waals surface area contributed by atoms with Crippen LogP contribution in [-0.2, 0) is 0 Å². The van der Waals surface area contributed by atoms with Crippen LogP contribution in [0.25, 0.3) is 0 Å². The Morgan fingerprint density at radius 2 is 1.50 bits per heavy atom. The third-order valence-electron chi connectivity index (χ3n) is 6.05. The van der Waals surface area contributed by atoms with Gasteiger partial charge in [-0.2, -0.15) is 0 Å². The van der Waals surface area contributed by atoms with E-state index < -0.39 is 0 Å². The van der Waals surface area contributed by atoms with E-state index in [4.69, 9.17) is 0 Å². The molecule has 2 atom stereocenters. The first-order valence-electron chi connectivity index (χ1n) is 7.31. The van der Waals surface area contributed by atoms with Gasteiger partial charge in [-0.1, -0.05) is 13.8 Å². The van der Waals surface area contributed by atoms with Crippen molar-refractivity contribution in [3.05, 3.63) is 0 Å². The molecule has 0 spiro atoms. The van der Waals surface area contributed by atoms with E-state index in [1.54, 1.807) is 0 Å². The highest BCUT2D eigenvalue weighted by Crippen LogP contribution is 2.63. The van der Waals surface area contributed by atoms with Gasteiger partial charge in [0.2, 0.25) is 0 Å². The summed E-state index contributed by atoms with van der Waals surface area (Å²) in [5.41, 5.74) is 0.532. The van der Waals surface area contributed by atoms with Crippen molar-refractivity contribution in [3.8, 4) is 0 Å². The molecular formula is C15H26O. The van der Waals surface area contributed by atoms with Gasteiger partial charge in [0.15, 0.2) is 0 Å². The van der Waals surface area contributed by atoms with E-state index in [0.29, 0.717) is 11.3 Å². The predicted molar refractivity (Wildman–Crippen MR) is 66.1 cm³/mol. The molecule has 0 aliphatic heterocycles. The molecule has 0 aromatic heterocycles. The van der Waals surface area contributed by atoms with Gasteiger partial charge in [-0.3, -0.25) is 0 Å². The Hall–Kier alpha value is -0.0400. The fourth-order valence-corrected chi connectivity index (χ4v) is 5.50. The molecule has 4 bridgehead atoms. The summed E-state index contributed by atoms with van der Waals surface area (Å²) in [6.45, 7) is 4.45. The third-order valence-corrected chi connectivity index (χ3v) is 6.05. The normalized spacial score (nSPS) is 49.3. The summed E-state index contributed by atoms with van der Waals surface area (Å²) in [5, 5.41) is 10.2. The van der Waals surface area contributed by atoms with Crippen molar-refractivity contribution in [1.82, 2.24) is 0 Å². The molecule has 4 rings (SSSR count). The molecule has 2 unspecified atom stereocenters. The van der Waals surface area contributed by atoms with Gasteiger partial charge in [-0.15, -0.1) is 0 Å². The van der Waals surface area contributed by atoms with Gasteiger partial charge in [0.1, 0.15) is 0 Å². The van der Waals surface area contributed by atoms with Crippen molar-refractivity contribution in [3.63, 3.8) is 0 Å². The fourth-order valence-electron chi connectivity index (χ4n) is 5.50. The molecule has 0 aromatic rings. The van der Waals surface area contributed by atoms with Crippen LogP contribution < -0.4 is 0 Å². The molecule has 16 heavy (non-hydrogen) atoms. The van der Waals surface area contributed by atoms with Crippen LogP contribution in [-0.4, -0.2) is 11.2 Å². The minimum Gasteiger partial charge on any atom is -0.393 e. The average molecular weight is 222 g/mol. The monoisotopic (exact) mass is 222 g/mol. The van der Waals surface area contributed by atoms with Crippen molar-refractivity contribution in [2.24, 2.45) is 29.1 Å². The van der Waals surface area contributed by atoms with E-state index in [1.807, 2.05) is 0 Å². The zero-order chi connectivity index (χ0) is 11.3. The quantitative estimate of drug-likeness (QED) is 0.773. The molecule has 1 N–H and O–H groups in total. The van der Waals surface area contributed by atoms with Crippen LogP contribution in [0.15, 0.2) is 0 Å². The first kappa shape index (κ1) is 11.1. The van der Waals surface area contributed by atoms with Gasteiger partial charge in [-0.25, -0.2) is 0 Å². The second-order valence-electron chi connectivity index (χ2n) is 7.04. The lowest BCUT2D eigenvalue weighted by molar-refractivity contribution is -0.111. The van der Waals surface area contributed by atoms with Crippen LogP contribution in [0.3, 0.4) is 0 Å². The number of hydrogen-bond donors (Lipinski definition) is 1. The summed E-state index contributed by atoms with van der Waals surface area (Å²) in [7, 11) is 0. The maximum atomic E-state index is 10.2. The zero-order valence-corrected chi connectivity index (χ0v) is 10.8. The Bertz CT molecular complexity index is 235. The summed E-state index contributed by atoms with van der Waals surface area (Å²) < 4.78 is 0. The zero-order valence-electron chi connectivity index (χ0n) is 10.8. The minimum absolute atomic E-state index is 0.0590. The van der Waals surface area contributed by atoms with Crippen molar-refractivity contribution >= 4 is 0 Å². The predicted octanol–water partition coefficient (Wildman–Crippen LogP) is 3.61. The third kappa shape index (κ3) is 1.54. The summed E-state index contributed by atoms with van der Waals surface area (Å²) in [4.78, 5) is 0. The van der Waals surface area contributed by atoms with E-state index in [9.17, 15) is 5.11 Å². The molecule has 4 fully saturated rings. The van der Waals surface area contributed by atoms with Crippen molar-refractivity contribution in [2.75, 3.05) is 0 Å². The largest absolute Gasteiger partial charge is 0.393 e. The maximum absolute atomic E-state index is 10.2. The highest BCUT2D eigenvalue weighted by Gasteiger charge is 2.53.